The van der Waals surface area contributed by atoms with Gasteiger partial charge in [-0.25, -0.2) is 14.4 Å². The van der Waals surface area contributed by atoms with Gasteiger partial charge in [0.05, 0.1) is 6.61 Å². The van der Waals surface area contributed by atoms with Crippen molar-refractivity contribution >= 4 is 63.1 Å². The van der Waals surface area contributed by atoms with Gasteiger partial charge in [-0.05, 0) is 0 Å². The molecule has 0 aromatic rings. The minimum atomic E-state index is -1.23. The Balaban J connectivity index is 1.48. The Morgan fingerprint density at radius 1 is 0.698 bits per heavy atom. The van der Waals surface area contributed by atoms with E-state index in [0.717, 1.165) is 0 Å². The molecule has 4 amide bonds. The van der Waals surface area contributed by atoms with Gasteiger partial charge < -0.3 is 40.2 Å². The van der Waals surface area contributed by atoms with Crippen molar-refractivity contribution in [2.45, 2.75) is 52.7 Å². The van der Waals surface area contributed by atoms with E-state index in [9.17, 15) is 33.6 Å². The Bertz CT molecular complexity index is 1050. The fraction of sp³-hybridized carbons (Fsp3) is 0.731. The molecule has 0 bridgehead atoms. The van der Waals surface area contributed by atoms with Gasteiger partial charge >= 0.3 is 17.9 Å². The summed E-state index contributed by atoms with van der Waals surface area (Å²) in [4.78, 5) is 83.4. The Kier molecular flexibility index (Phi) is 14.5. The average molecular weight is 649 g/mol. The molecular weight excluding hydrogens is 608 g/mol. The molecule has 2 heterocycles. The van der Waals surface area contributed by atoms with Crippen LogP contribution in [0.3, 0.4) is 0 Å². The number of ether oxygens (including phenoxy) is 4. The van der Waals surface area contributed by atoms with Crippen LogP contribution < -0.4 is 21.3 Å². The van der Waals surface area contributed by atoms with Crippen molar-refractivity contribution in [3.05, 3.63) is 0 Å². The van der Waals surface area contributed by atoms with Gasteiger partial charge in [0, 0.05) is 61.4 Å². The lowest BCUT2D eigenvalue weighted by Crippen LogP contribution is -2.47. The summed E-state index contributed by atoms with van der Waals surface area (Å²) in [6, 6.07) is 0. The molecule has 17 heteroatoms. The summed E-state index contributed by atoms with van der Waals surface area (Å²) >= 11 is 0. The smallest absolute Gasteiger partial charge is 0.418 e. The molecule has 0 aliphatic carbocycles. The fourth-order valence-corrected chi connectivity index (χ4v) is 5.66. The molecule has 0 spiro atoms. The first kappa shape index (κ1) is 36.1. The second-order valence-electron chi connectivity index (χ2n) is 11.1. The van der Waals surface area contributed by atoms with E-state index < -0.39 is 52.8 Å². The number of carbonyl (C=O) groups excluding carboxylic acids is 7. The van der Waals surface area contributed by atoms with Gasteiger partial charge in [-0.2, -0.15) is 0 Å². The molecule has 0 radical (unpaired) electrons. The minimum absolute atomic E-state index is 0.0199. The molecule has 15 nitrogen and oxygen atoms in total. The van der Waals surface area contributed by atoms with Crippen molar-refractivity contribution < 1.29 is 52.5 Å². The highest BCUT2D eigenvalue weighted by molar-refractivity contribution is 8.76. The molecule has 2 aliphatic rings. The second-order valence-corrected chi connectivity index (χ2v) is 13.8. The van der Waals surface area contributed by atoms with Gasteiger partial charge in [0.2, 0.25) is 17.7 Å². The Morgan fingerprint density at radius 2 is 1.19 bits per heavy atom. The highest BCUT2D eigenvalue weighted by Crippen LogP contribution is 2.28. The van der Waals surface area contributed by atoms with Crippen LogP contribution >= 0.6 is 21.6 Å². The van der Waals surface area contributed by atoms with Crippen molar-refractivity contribution in [1.82, 2.24) is 21.3 Å². The summed E-state index contributed by atoms with van der Waals surface area (Å²) < 4.78 is 20.2. The first-order valence-corrected chi connectivity index (χ1v) is 16.2. The van der Waals surface area contributed by atoms with Crippen LogP contribution in [-0.4, -0.2) is 111 Å². The van der Waals surface area contributed by atoms with Crippen LogP contribution in [-0.2, 0) is 52.5 Å². The van der Waals surface area contributed by atoms with Crippen molar-refractivity contribution in [2.75, 3.05) is 57.5 Å². The molecule has 242 valence electrons. The van der Waals surface area contributed by atoms with Crippen LogP contribution in [0.4, 0.5) is 0 Å². The first-order valence-electron chi connectivity index (χ1n) is 13.7. The third-order valence-corrected chi connectivity index (χ3v) is 8.64. The molecule has 2 fully saturated rings. The van der Waals surface area contributed by atoms with Gasteiger partial charge in [-0.15, -0.1) is 0 Å². The lowest BCUT2D eigenvalue weighted by molar-refractivity contribution is -0.168. The number of esters is 3. The molecule has 43 heavy (non-hydrogen) atoms. The number of nitrogens with one attached hydrogen (secondary N) is 4. The quantitative estimate of drug-likeness (QED) is 0.0558. The lowest BCUT2D eigenvalue weighted by atomic mass is 9.87. The van der Waals surface area contributed by atoms with E-state index in [1.165, 1.54) is 21.6 Å². The summed E-state index contributed by atoms with van der Waals surface area (Å²) in [7, 11) is 3.05. The second kappa shape index (κ2) is 17.3. The van der Waals surface area contributed by atoms with Crippen LogP contribution in [0.25, 0.3) is 0 Å². The predicted molar refractivity (Wildman–Crippen MR) is 155 cm³/mol. The monoisotopic (exact) mass is 648 g/mol. The van der Waals surface area contributed by atoms with Gasteiger partial charge in [0.25, 0.3) is 5.91 Å². The summed E-state index contributed by atoms with van der Waals surface area (Å²) in [5, 5.41) is 10.7. The molecule has 0 aromatic carbocycles. The van der Waals surface area contributed by atoms with Gasteiger partial charge in [-0.1, -0.05) is 49.3 Å². The molecule has 0 saturated carbocycles. The number of amides is 4. The van der Waals surface area contributed by atoms with Gasteiger partial charge in [-0.3, -0.25) is 19.2 Å². The predicted octanol–water partition coefficient (Wildman–Crippen LogP) is -0.924. The van der Waals surface area contributed by atoms with E-state index in [-0.39, 0.29) is 57.6 Å². The first-order chi connectivity index (χ1) is 20.2. The molecule has 0 aromatic heterocycles. The number of hydrogen-bond acceptors (Lipinski definition) is 13. The number of cyclic esters (lactones) is 3. The van der Waals surface area contributed by atoms with Gasteiger partial charge in [0.15, 0.2) is 6.10 Å². The number of hydrogen-bond donors (Lipinski definition) is 4. The van der Waals surface area contributed by atoms with E-state index in [4.69, 9.17) is 18.9 Å². The van der Waals surface area contributed by atoms with Crippen LogP contribution in [0.2, 0.25) is 0 Å². The average Bonchev–Trinajstić information content (AvgIpc) is 3.14. The number of carbonyl (C=O) groups is 7. The summed E-state index contributed by atoms with van der Waals surface area (Å²) in [6.07, 6.45) is -1.97. The van der Waals surface area contributed by atoms with E-state index in [0.29, 0.717) is 24.6 Å². The largest absolute Gasteiger partial charge is 0.463 e. The molecule has 4 N–H and O–H groups in total. The maximum atomic E-state index is 12.5. The topological polar surface area (TPSA) is 205 Å². The Hall–Kier alpha value is -3.05. The third-order valence-electron chi connectivity index (χ3n) is 6.24. The molecule has 0 unspecified atom stereocenters. The zero-order valence-electron chi connectivity index (χ0n) is 24.7. The Labute approximate surface area is 257 Å². The van der Waals surface area contributed by atoms with Crippen molar-refractivity contribution in [3.8, 4) is 0 Å². The maximum Gasteiger partial charge on any atom is 0.418 e. The molecule has 2 rings (SSSR count). The van der Waals surface area contributed by atoms with Crippen LogP contribution in [0, 0.1) is 10.8 Å². The van der Waals surface area contributed by atoms with E-state index in [1.54, 1.807) is 27.7 Å². The highest BCUT2D eigenvalue weighted by atomic mass is 33.1. The zero-order chi connectivity index (χ0) is 32.0. The van der Waals surface area contributed by atoms with Crippen molar-refractivity contribution in [2.24, 2.45) is 10.8 Å². The van der Waals surface area contributed by atoms with E-state index in [2.05, 4.69) is 21.3 Å². The number of rotatable bonds is 15. The van der Waals surface area contributed by atoms with Gasteiger partial charge in [0.1, 0.15) is 19.3 Å². The highest BCUT2D eigenvalue weighted by Gasteiger charge is 2.44. The molecule has 2 aliphatic heterocycles. The molecule has 2 saturated heterocycles. The zero-order valence-corrected chi connectivity index (χ0v) is 26.4. The SMILES string of the molecule is CC1(C)COC(=O)CO[C@H]1C(=O)NCCC(=O)NCCSSCCNC(=O)CCNC(=O)[C@@H]1OC(=O)C(=O)OCC1(C)C. The normalized spacial score (nSPS) is 21.2. The summed E-state index contributed by atoms with van der Waals surface area (Å²) in [6.45, 7) is 7.38. The lowest BCUT2D eigenvalue weighted by Gasteiger charge is -2.29. The standard InChI is InChI=1S/C26H40N4O11S2/c1-25(2)14-39-18(33)13-38-19(25)21(34)29-7-5-16(31)27-9-11-42-43-12-10-28-17(32)6-8-30-22(35)20-26(3,4)15-40-23(36)24(37)41-20/h19-20H,5-15H2,1-4H3,(H,27,31)(H,28,32)(H,29,34)(H,30,35)/t19-,20-/m0/s1. The van der Waals surface area contributed by atoms with Crippen LogP contribution in [0.1, 0.15) is 40.5 Å². The fourth-order valence-electron chi connectivity index (χ4n) is 3.84. The maximum absolute atomic E-state index is 12.5. The third kappa shape index (κ3) is 12.6. The van der Waals surface area contributed by atoms with Crippen LogP contribution in [0.5, 0.6) is 0 Å². The summed E-state index contributed by atoms with van der Waals surface area (Å²) in [5.74, 6) is -3.14. The van der Waals surface area contributed by atoms with Crippen molar-refractivity contribution in [3.63, 3.8) is 0 Å². The van der Waals surface area contributed by atoms with Crippen molar-refractivity contribution in [1.29, 1.82) is 0 Å². The minimum Gasteiger partial charge on any atom is -0.463 e. The molecular formula is C26H40N4O11S2. The molecule has 2 atom stereocenters. The van der Waals surface area contributed by atoms with E-state index >= 15 is 0 Å². The Morgan fingerprint density at radius 3 is 1.74 bits per heavy atom. The van der Waals surface area contributed by atoms with Crippen LogP contribution in [0.15, 0.2) is 0 Å². The van der Waals surface area contributed by atoms with E-state index in [1.807, 2.05) is 0 Å². The summed E-state index contributed by atoms with van der Waals surface area (Å²) in [5.41, 5.74) is -1.62.